The third kappa shape index (κ3) is 3.13. The highest BCUT2D eigenvalue weighted by Gasteiger charge is 2.12. The van der Waals surface area contributed by atoms with Crippen LogP contribution in [0.1, 0.15) is 14.5 Å². The van der Waals surface area contributed by atoms with Gasteiger partial charge in [-0.1, -0.05) is 6.07 Å². The molecule has 0 N–H and O–H groups in total. The van der Waals surface area contributed by atoms with Gasteiger partial charge in [-0.3, -0.25) is 4.79 Å². The standard InChI is InChI=1S/C17H16N2O2S2/c1-11-15(12-6-8-13(21-3)9-7-12)19(2)17(23-11)18-16(20)14-5-4-10-22-14/h4-10H,1-3H3. The third-order valence-corrected chi connectivity index (χ3v) is 5.40. The summed E-state index contributed by atoms with van der Waals surface area (Å²) in [6.45, 7) is 2.04. The van der Waals surface area contributed by atoms with Crippen LogP contribution < -0.4 is 9.54 Å². The molecule has 1 amide bonds. The van der Waals surface area contributed by atoms with Crippen molar-refractivity contribution in [1.82, 2.24) is 4.57 Å². The largest absolute Gasteiger partial charge is 0.497 e. The maximum Gasteiger partial charge on any atom is 0.289 e. The molecular weight excluding hydrogens is 328 g/mol. The van der Waals surface area contributed by atoms with E-state index in [0.717, 1.165) is 21.9 Å². The van der Waals surface area contributed by atoms with Crippen LogP contribution in [0.25, 0.3) is 11.3 Å². The number of rotatable bonds is 3. The van der Waals surface area contributed by atoms with Gasteiger partial charge in [-0.25, -0.2) is 0 Å². The van der Waals surface area contributed by atoms with E-state index in [1.807, 2.05) is 54.3 Å². The van der Waals surface area contributed by atoms with E-state index in [4.69, 9.17) is 4.74 Å². The molecule has 0 saturated heterocycles. The molecule has 23 heavy (non-hydrogen) atoms. The summed E-state index contributed by atoms with van der Waals surface area (Å²) in [7, 11) is 3.58. The van der Waals surface area contributed by atoms with Gasteiger partial charge in [0, 0.05) is 11.9 Å². The molecule has 0 aliphatic carbocycles. The van der Waals surface area contributed by atoms with E-state index in [1.165, 1.54) is 22.7 Å². The quantitative estimate of drug-likeness (QED) is 0.724. The van der Waals surface area contributed by atoms with Gasteiger partial charge >= 0.3 is 0 Å². The van der Waals surface area contributed by atoms with Crippen molar-refractivity contribution in [1.29, 1.82) is 0 Å². The molecule has 0 atom stereocenters. The highest BCUT2D eigenvalue weighted by atomic mass is 32.1. The number of nitrogens with zero attached hydrogens (tertiary/aromatic N) is 2. The van der Waals surface area contributed by atoms with E-state index >= 15 is 0 Å². The molecule has 3 aromatic rings. The van der Waals surface area contributed by atoms with E-state index in [2.05, 4.69) is 4.99 Å². The topological polar surface area (TPSA) is 43.6 Å². The fourth-order valence-corrected chi connectivity index (χ4v) is 3.96. The van der Waals surface area contributed by atoms with Crippen LogP contribution in [0.5, 0.6) is 5.75 Å². The molecule has 0 aliphatic heterocycles. The third-order valence-electron chi connectivity index (χ3n) is 3.49. The molecule has 1 aromatic carbocycles. The summed E-state index contributed by atoms with van der Waals surface area (Å²) in [6, 6.07) is 11.5. The van der Waals surface area contributed by atoms with Gasteiger partial charge in [-0.05, 0) is 48.2 Å². The van der Waals surface area contributed by atoms with Gasteiger partial charge in [0.25, 0.3) is 5.91 Å². The predicted octanol–water partition coefficient (Wildman–Crippen LogP) is 3.87. The zero-order valence-electron chi connectivity index (χ0n) is 13.1. The van der Waals surface area contributed by atoms with Crippen LogP contribution in [0.2, 0.25) is 0 Å². The minimum absolute atomic E-state index is 0.196. The predicted molar refractivity (Wildman–Crippen MR) is 94.2 cm³/mol. The Morgan fingerprint density at radius 1 is 1.22 bits per heavy atom. The number of carbonyl (C=O) groups is 1. The van der Waals surface area contributed by atoms with Crippen molar-refractivity contribution in [3.8, 4) is 17.0 Å². The molecule has 0 fully saturated rings. The number of aromatic nitrogens is 1. The summed E-state index contributed by atoms with van der Waals surface area (Å²) in [6.07, 6.45) is 0. The zero-order valence-corrected chi connectivity index (χ0v) is 14.7. The van der Waals surface area contributed by atoms with Gasteiger partial charge in [-0.2, -0.15) is 4.99 Å². The Hall–Kier alpha value is -2.18. The number of ether oxygens (including phenoxy) is 1. The fourth-order valence-electron chi connectivity index (χ4n) is 2.37. The molecule has 6 heteroatoms. The number of carbonyl (C=O) groups excluding carboxylic acids is 1. The Morgan fingerprint density at radius 3 is 2.57 bits per heavy atom. The summed E-state index contributed by atoms with van der Waals surface area (Å²) in [5.41, 5.74) is 2.14. The van der Waals surface area contributed by atoms with Gasteiger partial charge in [0.15, 0.2) is 4.80 Å². The molecule has 0 saturated carbocycles. The van der Waals surface area contributed by atoms with Crippen molar-refractivity contribution in [2.45, 2.75) is 6.92 Å². The van der Waals surface area contributed by atoms with Crippen molar-refractivity contribution in [3.63, 3.8) is 0 Å². The van der Waals surface area contributed by atoms with Crippen molar-refractivity contribution in [2.24, 2.45) is 12.0 Å². The van der Waals surface area contributed by atoms with Crippen molar-refractivity contribution < 1.29 is 9.53 Å². The minimum Gasteiger partial charge on any atom is -0.497 e. The molecular formula is C17H16N2O2S2. The van der Waals surface area contributed by atoms with E-state index in [0.29, 0.717) is 9.68 Å². The van der Waals surface area contributed by atoms with Crippen LogP contribution in [0.4, 0.5) is 0 Å². The van der Waals surface area contributed by atoms with E-state index < -0.39 is 0 Å². The van der Waals surface area contributed by atoms with Crippen LogP contribution in [0.15, 0.2) is 46.8 Å². The number of thiazole rings is 1. The van der Waals surface area contributed by atoms with Crippen molar-refractivity contribution in [3.05, 3.63) is 56.3 Å². The number of amides is 1. The first-order valence-electron chi connectivity index (χ1n) is 7.03. The minimum atomic E-state index is -0.196. The van der Waals surface area contributed by atoms with Crippen LogP contribution >= 0.6 is 22.7 Å². The molecule has 0 radical (unpaired) electrons. The molecule has 0 unspecified atom stereocenters. The number of hydrogen-bond acceptors (Lipinski definition) is 4. The summed E-state index contributed by atoms with van der Waals surface area (Å²) < 4.78 is 7.16. The Morgan fingerprint density at radius 2 is 1.96 bits per heavy atom. The normalized spacial score (nSPS) is 11.7. The summed E-state index contributed by atoms with van der Waals surface area (Å²) >= 11 is 2.93. The Labute approximate surface area is 142 Å². The number of thiophene rings is 1. The molecule has 0 bridgehead atoms. The maximum absolute atomic E-state index is 12.2. The highest BCUT2D eigenvalue weighted by molar-refractivity contribution is 7.12. The van der Waals surface area contributed by atoms with E-state index in [9.17, 15) is 4.79 Å². The molecule has 4 nitrogen and oxygen atoms in total. The van der Waals surface area contributed by atoms with Gasteiger partial charge in [-0.15, -0.1) is 22.7 Å². The number of hydrogen-bond donors (Lipinski definition) is 0. The lowest BCUT2D eigenvalue weighted by Gasteiger charge is -2.06. The first-order valence-corrected chi connectivity index (χ1v) is 8.73. The van der Waals surface area contributed by atoms with Crippen LogP contribution in [0.3, 0.4) is 0 Å². The molecule has 118 valence electrons. The van der Waals surface area contributed by atoms with Gasteiger partial charge in [0.05, 0.1) is 17.7 Å². The smallest absolute Gasteiger partial charge is 0.289 e. The van der Waals surface area contributed by atoms with Crippen LogP contribution in [0, 0.1) is 6.92 Å². The second kappa shape index (κ2) is 6.52. The second-order valence-corrected chi connectivity index (χ2v) is 7.10. The highest BCUT2D eigenvalue weighted by Crippen LogP contribution is 2.26. The Kier molecular flexibility index (Phi) is 4.45. The molecule has 0 aliphatic rings. The summed E-state index contributed by atoms with van der Waals surface area (Å²) in [5, 5.41) is 1.88. The first kappa shape index (κ1) is 15.7. The molecule has 0 spiro atoms. The number of methoxy groups -OCH3 is 1. The molecule has 2 aromatic heterocycles. The Balaban J connectivity index is 2.04. The average Bonchev–Trinajstić information content (AvgIpc) is 3.17. The number of aryl methyl sites for hydroxylation is 1. The van der Waals surface area contributed by atoms with Crippen molar-refractivity contribution >= 4 is 28.6 Å². The number of benzene rings is 1. The van der Waals surface area contributed by atoms with Crippen molar-refractivity contribution in [2.75, 3.05) is 7.11 Å². The van der Waals surface area contributed by atoms with Gasteiger partial charge in [0.2, 0.25) is 0 Å². The monoisotopic (exact) mass is 344 g/mol. The van der Waals surface area contributed by atoms with Crippen LogP contribution in [-0.4, -0.2) is 17.6 Å². The summed E-state index contributed by atoms with van der Waals surface area (Å²) in [5.74, 6) is 0.625. The maximum atomic E-state index is 12.2. The van der Waals surface area contributed by atoms with Gasteiger partial charge < -0.3 is 9.30 Å². The van der Waals surface area contributed by atoms with Gasteiger partial charge in [0.1, 0.15) is 5.75 Å². The van der Waals surface area contributed by atoms with E-state index in [-0.39, 0.29) is 5.91 Å². The zero-order chi connectivity index (χ0) is 16.4. The lowest BCUT2D eigenvalue weighted by molar-refractivity contribution is 0.100. The molecule has 3 rings (SSSR count). The average molecular weight is 344 g/mol. The fraction of sp³-hybridized carbons (Fsp3) is 0.176. The lowest BCUT2D eigenvalue weighted by Crippen LogP contribution is -2.14. The molecule has 2 heterocycles. The SMILES string of the molecule is COc1ccc(-c2c(C)sc(=NC(=O)c3cccs3)n2C)cc1. The summed E-state index contributed by atoms with van der Waals surface area (Å²) in [4.78, 5) is 18.9. The van der Waals surface area contributed by atoms with Crippen LogP contribution in [-0.2, 0) is 7.05 Å². The lowest BCUT2D eigenvalue weighted by atomic mass is 10.1. The Bertz CT molecular complexity index is 888. The second-order valence-electron chi connectivity index (χ2n) is 4.97. The first-order chi connectivity index (χ1) is 11.1. The van der Waals surface area contributed by atoms with E-state index in [1.54, 1.807) is 13.2 Å².